The number of aryl methyl sites for hydroxylation is 1. The van der Waals surface area contributed by atoms with Gasteiger partial charge in [0, 0.05) is 4.47 Å². The molecule has 0 saturated carbocycles. The Balaban J connectivity index is 2.07. The third-order valence-electron chi connectivity index (χ3n) is 3.53. The van der Waals surface area contributed by atoms with Crippen molar-refractivity contribution in [2.75, 3.05) is 14.2 Å². The Morgan fingerprint density at radius 3 is 2.36 bits per heavy atom. The van der Waals surface area contributed by atoms with Gasteiger partial charge in [-0.15, -0.1) is 0 Å². The molecule has 0 saturated heterocycles. The maximum absolute atomic E-state index is 10.3. The summed E-state index contributed by atoms with van der Waals surface area (Å²) in [7, 11) is 3.12. The van der Waals surface area contributed by atoms with Crippen molar-refractivity contribution in [2.45, 2.75) is 18.9 Å². The topological polar surface area (TPSA) is 58.9 Å². The number of aliphatic hydroxyl groups excluding tert-OH is 1. The summed E-state index contributed by atoms with van der Waals surface area (Å²) in [6, 6.07) is 10.9. The molecule has 0 aliphatic carbocycles. The Hall–Kier alpha value is -1.72. The molecule has 2 aromatic rings. The normalized spacial score (nSPS) is 12.0. The summed E-state index contributed by atoms with van der Waals surface area (Å²) < 4.78 is 11.1. The molecule has 4 nitrogen and oxygen atoms in total. The monoisotopic (exact) mass is 366 g/mol. The minimum Gasteiger partial charge on any atom is -0.504 e. The van der Waals surface area contributed by atoms with Gasteiger partial charge in [0.15, 0.2) is 11.5 Å². The molecular weight excluding hydrogens is 348 g/mol. The van der Waals surface area contributed by atoms with Gasteiger partial charge in [-0.25, -0.2) is 0 Å². The summed E-state index contributed by atoms with van der Waals surface area (Å²) in [6.45, 7) is 0. The molecule has 1 atom stereocenters. The van der Waals surface area contributed by atoms with Gasteiger partial charge in [0.2, 0.25) is 0 Å². The van der Waals surface area contributed by atoms with Gasteiger partial charge >= 0.3 is 0 Å². The average molecular weight is 367 g/mol. The van der Waals surface area contributed by atoms with Crippen LogP contribution in [-0.4, -0.2) is 24.4 Å². The van der Waals surface area contributed by atoms with Crippen LogP contribution in [0.4, 0.5) is 0 Å². The van der Waals surface area contributed by atoms with E-state index >= 15 is 0 Å². The third kappa shape index (κ3) is 3.93. The smallest absolute Gasteiger partial charge is 0.161 e. The summed E-state index contributed by atoms with van der Waals surface area (Å²) in [5.41, 5.74) is 1.56. The molecule has 0 radical (unpaired) electrons. The molecule has 0 bridgehead atoms. The predicted octanol–water partition coefficient (Wildman–Crippen LogP) is 3.84. The van der Waals surface area contributed by atoms with Gasteiger partial charge in [-0.2, -0.15) is 0 Å². The lowest BCUT2D eigenvalue weighted by atomic mass is 10.0. The minimum absolute atomic E-state index is 0.118. The van der Waals surface area contributed by atoms with Crippen molar-refractivity contribution in [3.63, 3.8) is 0 Å². The van der Waals surface area contributed by atoms with Crippen LogP contribution < -0.4 is 9.47 Å². The molecule has 0 aliphatic heterocycles. The molecule has 0 aliphatic rings. The molecule has 0 heterocycles. The quantitative estimate of drug-likeness (QED) is 0.815. The van der Waals surface area contributed by atoms with Gasteiger partial charge < -0.3 is 19.7 Å². The number of benzene rings is 2. The van der Waals surface area contributed by atoms with Crippen LogP contribution in [0.15, 0.2) is 40.9 Å². The first kappa shape index (κ1) is 16.6. The largest absolute Gasteiger partial charge is 0.504 e. The molecule has 5 heteroatoms. The van der Waals surface area contributed by atoms with Crippen LogP contribution in [0.1, 0.15) is 23.7 Å². The Bertz CT molecular complexity index is 625. The van der Waals surface area contributed by atoms with Gasteiger partial charge in [0.25, 0.3) is 0 Å². The molecule has 0 aromatic heterocycles. The van der Waals surface area contributed by atoms with E-state index in [0.29, 0.717) is 18.6 Å². The fourth-order valence-electron chi connectivity index (χ4n) is 2.26. The molecule has 2 aromatic carbocycles. The van der Waals surface area contributed by atoms with Crippen molar-refractivity contribution >= 4 is 15.9 Å². The first-order valence-corrected chi connectivity index (χ1v) is 7.72. The van der Waals surface area contributed by atoms with Crippen molar-refractivity contribution in [2.24, 2.45) is 0 Å². The van der Waals surface area contributed by atoms with Crippen LogP contribution in [0.5, 0.6) is 17.2 Å². The van der Waals surface area contributed by atoms with Crippen LogP contribution in [-0.2, 0) is 6.42 Å². The molecule has 2 N–H and O–H groups in total. The second kappa shape index (κ2) is 7.51. The lowest BCUT2D eigenvalue weighted by molar-refractivity contribution is 0.167. The number of methoxy groups -OCH3 is 2. The van der Waals surface area contributed by atoms with Crippen molar-refractivity contribution in [1.29, 1.82) is 0 Å². The molecule has 0 fully saturated rings. The molecule has 22 heavy (non-hydrogen) atoms. The fourth-order valence-corrected chi connectivity index (χ4v) is 2.74. The van der Waals surface area contributed by atoms with Gasteiger partial charge in [-0.05, 0) is 48.2 Å². The van der Waals surface area contributed by atoms with Crippen LogP contribution in [0.3, 0.4) is 0 Å². The highest BCUT2D eigenvalue weighted by Crippen LogP contribution is 2.35. The summed E-state index contributed by atoms with van der Waals surface area (Å²) in [5, 5.41) is 20.4. The predicted molar refractivity (Wildman–Crippen MR) is 88.6 cm³/mol. The number of rotatable bonds is 6. The van der Waals surface area contributed by atoms with E-state index in [9.17, 15) is 10.2 Å². The number of phenols is 1. The van der Waals surface area contributed by atoms with E-state index in [0.717, 1.165) is 21.3 Å². The van der Waals surface area contributed by atoms with Crippen LogP contribution in [0.25, 0.3) is 0 Å². The SMILES string of the molecule is COc1ccc(C(O)CCc2cc(Br)cc(OC)c2O)cc1. The lowest BCUT2D eigenvalue weighted by Crippen LogP contribution is -2.00. The van der Waals surface area contributed by atoms with E-state index < -0.39 is 6.10 Å². The van der Waals surface area contributed by atoms with Crippen molar-refractivity contribution in [1.82, 2.24) is 0 Å². The maximum atomic E-state index is 10.3. The average Bonchev–Trinajstić information content (AvgIpc) is 2.55. The standard InChI is InChI=1S/C17H19BrO4/c1-21-14-6-3-11(4-7-14)15(19)8-5-12-9-13(18)10-16(22-2)17(12)20/h3-4,6-7,9-10,15,19-20H,5,8H2,1-2H3. The molecule has 118 valence electrons. The highest BCUT2D eigenvalue weighted by molar-refractivity contribution is 9.10. The fraction of sp³-hybridized carbons (Fsp3) is 0.294. The third-order valence-corrected chi connectivity index (χ3v) is 3.98. The number of aromatic hydroxyl groups is 1. The maximum Gasteiger partial charge on any atom is 0.161 e. The van der Waals surface area contributed by atoms with Gasteiger partial charge in [0.1, 0.15) is 5.75 Å². The van der Waals surface area contributed by atoms with Crippen LogP contribution in [0.2, 0.25) is 0 Å². The minimum atomic E-state index is -0.602. The van der Waals surface area contributed by atoms with Gasteiger partial charge in [0.05, 0.1) is 20.3 Å². The molecule has 0 amide bonds. The molecule has 1 unspecified atom stereocenters. The summed E-state index contributed by atoms with van der Waals surface area (Å²) >= 11 is 3.39. The number of hydrogen-bond donors (Lipinski definition) is 2. The number of aliphatic hydroxyl groups is 1. The summed E-state index contributed by atoms with van der Waals surface area (Å²) in [4.78, 5) is 0. The Labute approximate surface area is 138 Å². The Morgan fingerprint density at radius 2 is 1.77 bits per heavy atom. The zero-order valence-electron chi connectivity index (χ0n) is 12.5. The first-order valence-electron chi connectivity index (χ1n) is 6.92. The van der Waals surface area contributed by atoms with E-state index in [1.165, 1.54) is 7.11 Å². The van der Waals surface area contributed by atoms with E-state index in [4.69, 9.17) is 9.47 Å². The number of phenolic OH excluding ortho intramolecular Hbond substituents is 1. The van der Waals surface area contributed by atoms with Crippen molar-refractivity contribution in [3.05, 3.63) is 52.0 Å². The second-order valence-corrected chi connectivity index (χ2v) is 5.86. The van der Waals surface area contributed by atoms with Gasteiger partial charge in [-0.3, -0.25) is 0 Å². The highest BCUT2D eigenvalue weighted by Gasteiger charge is 2.13. The Kier molecular flexibility index (Phi) is 5.69. The number of ether oxygens (including phenoxy) is 2. The van der Waals surface area contributed by atoms with Crippen LogP contribution >= 0.6 is 15.9 Å². The highest BCUT2D eigenvalue weighted by atomic mass is 79.9. The van der Waals surface area contributed by atoms with E-state index in [2.05, 4.69) is 15.9 Å². The zero-order chi connectivity index (χ0) is 16.1. The van der Waals surface area contributed by atoms with E-state index in [-0.39, 0.29) is 5.75 Å². The Morgan fingerprint density at radius 1 is 1.09 bits per heavy atom. The second-order valence-electron chi connectivity index (χ2n) is 4.94. The lowest BCUT2D eigenvalue weighted by Gasteiger charge is -2.14. The van der Waals surface area contributed by atoms with E-state index in [1.54, 1.807) is 13.2 Å². The summed E-state index contributed by atoms with van der Waals surface area (Å²) in [6.07, 6.45) is 0.434. The molecular formula is C17H19BrO4. The first-order chi connectivity index (χ1) is 10.5. The summed E-state index contributed by atoms with van der Waals surface area (Å²) in [5.74, 6) is 1.29. The molecule has 2 rings (SSSR count). The number of halogens is 1. The van der Waals surface area contributed by atoms with Crippen molar-refractivity contribution < 1.29 is 19.7 Å². The molecule has 0 spiro atoms. The zero-order valence-corrected chi connectivity index (χ0v) is 14.1. The number of hydrogen-bond acceptors (Lipinski definition) is 4. The van der Waals surface area contributed by atoms with Gasteiger partial charge in [-0.1, -0.05) is 28.1 Å². The van der Waals surface area contributed by atoms with E-state index in [1.807, 2.05) is 30.3 Å². The van der Waals surface area contributed by atoms with Crippen molar-refractivity contribution in [3.8, 4) is 17.2 Å². The van der Waals surface area contributed by atoms with Crippen LogP contribution in [0, 0.1) is 0 Å².